The fourth-order valence-electron chi connectivity index (χ4n) is 3.04. The smallest absolute Gasteiger partial charge is 0.251 e. The number of hydrogen-bond donors (Lipinski definition) is 2. The van der Waals surface area contributed by atoms with E-state index >= 15 is 0 Å². The van der Waals surface area contributed by atoms with Gasteiger partial charge in [0.1, 0.15) is 5.75 Å². The predicted molar refractivity (Wildman–Crippen MR) is 92.3 cm³/mol. The highest BCUT2D eigenvalue weighted by Crippen LogP contribution is 2.33. The van der Waals surface area contributed by atoms with Crippen molar-refractivity contribution in [2.45, 2.75) is 12.5 Å². The van der Waals surface area contributed by atoms with E-state index in [0.29, 0.717) is 30.1 Å². The van der Waals surface area contributed by atoms with Crippen LogP contribution < -0.4 is 24.8 Å². The van der Waals surface area contributed by atoms with E-state index < -0.39 is 0 Å². The Morgan fingerprint density at radius 3 is 2.77 bits per heavy atom. The Kier molecular flexibility index (Phi) is 4.35. The summed E-state index contributed by atoms with van der Waals surface area (Å²) in [5.41, 5.74) is 1.37. The molecule has 7 heteroatoms. The maximum absolute atomic E-state index is 12.2. The summed E-state index contributed by atoms with van der Waals surface area (Å²) in [5.74, 6) is 1.33. The number of para-hydroxylation sites is 1. The van der Waals surface area contributed by atoms with Crippen molar-refractivity contribution in [3.63, 3.8) is 0 Å². The summed E-state index contributed by atoms with van der Waals surface area (Å²) in [6, 6.07) is 12.4. The lowest BCUT2D eigenvalue weighted by Crippen LogP contribution is -2.39. The molecule has 0 saturated carbocycles. The zero-order chi connectivity index (χ0) is 17.9. The van der Waals surface area contributed by atoms with Gasteiger partial charge in [0.05, 0.1) is 19.2 Å². The van der Waals surface area contributed by atoms with Crippen LogP contribution in [0.1, 0.15) is 28.4 Å². The molecule has 0 unspecified atom stereocenters. The molecule has 4 rings (SSSR count). The number of fused-ring (bicyclic) bond motifs is 2. The molecule has 0 fully saturated rings. The fraction of sp³-hybridized carbons (Fsp3) is 0.263. The van der Waals surface area contributed by atoms with Crippen molar-refractivity contribution < 1.29 is 23.8 Å². The maximum atomic E-state index is 12.2. The number of carbonyl (C=O) groups excluding carboxylic acids is 2. The van der Waals surface area contributed by atoms with E-state index in [-0.39, 0.29) is 31.2 Å². The zero-order valence-electron chi connectivity index (χ0n) is 14.0. The minimum Gasteiger partial charge on any atom is -0.493 e. The van der Waals surface area contributed by atoms with Gasteiger partial charge in [-0.15, -0.1) is 0 Å². The number of hydrogen-bond acceptors (Lipinski definition) is 5. The van der Waals surface area contributed by atoms with Crippen LogP contribution in [0.3, 0.4) is 0 Å². The van der Waals surface area contributed by atoms with E-state index in [1.165, 1.54) is 0 Å². The second-order valence-electron chi connectivity index (χ2n) is 6.05. The van der Waals surface area contributed by atoms with Gasteiger partial charge in [-0.05, 0) is 24.3 Å². The monoisotopic (exact) mass is 354 g/mol. The number of carbonyl (C=O) groups is 2. The second kappa shape index (κ2) is 6.95. The van der Waals surface area contributed by atoms with E-state index in [4.69, 9.17) is 14.2 Å². The Morgan fingerprint density at radius 2 is 1.85 bits per heavy atom. The lowest BCUT2D eigenvalue weighted by molar-refractivity contribution is -0.121. The molecule has 2 aromatic rings. The van der Waals surface area contributed by atoms with Crippen molar-refractivity contribution in [1.82, 2.24) is 10.6 Å². The van der Waals surface area contributed by atoms with E-state index in [2.05, 4.69) is 10.6 Å². The molecule has 0 aromatic heterocycles. The molecule has 2 aliphatic heterocycles. The zero-order valence-corrected chi connectivity index (χ0v) is 14.0. The van der Waals surface area contributed by atoms with Crippen molar-refractivity contribution in [2.24, 2.45) is 0 Å². The average Bonchev–Trinajstić information content (AvgIpc) is 3.14. The molecule has 0 radical (unpaired) electrons. The molecule has 1 atom stereocenters. The lowest BCUT2D eigenvalue weighted by atomic mass is 10.0. The van der Waals surface area contributed by atoms with Gasteiger partial charge in [-0.1, -0.05) is 18.2 Å². The predicted octanol–water partition coefficient (Wildman–Crippen LogP) is 1.79. The number of rotatable bonds is 4. The van der Waals surface area contributed by atoms with Crippen molar-refractivity contribution in [1.29, 1.82) is 0 Å². The minimum atomic E-state index is -0.342. The summed E-state index contributed by atoms with van der Waals surface area (Å²) < 4.78 is 16.1. The van der Waals surface area contributed by atoms with Gasteiger partial charge in [0.25, 0.3) is 5.91 Å². The number of ether oxygens (including phenoxy) is 3. The molecule has 134 valence electrons. The van der Waals surface area contributed by atoms with Crippen molar-refractivity contribution in [3.8, 4) is 17.2 Å². The van der Waals surface area contributed by atoms with E-state index in [1.54, 1.807) is 18.2 Å². The molecule has 0 spiro atoms. The molecule has 2 aliphatic rings. The molecule has 2 amide bonds. The van der Waals surface area contributed by atoms with Crippen LogP contribution in [-0.2, 0) is 4.79 Å². The third-order valence-electron chi connectivity index (χ3n) is 4.34. The van der Waals surface area contributed by atoms with Crippen LogP contribution in [-0.4, -0.2) is 31.8 Å². The number of benzene rings is 2. The lowest BCUT2D eigenvalue weighted by Gasteiger charge is -2.26. The van der Waals surface area contributed by atoms with Gasteiger partial charge in [0.15, 0.2) is 11.5 Å². The molecule has 2 aromatic carbocycles. The maximum Gasteiger partial charge on any atom is 0.251 e. The summed E-state index contributed by atoms with van der Waals surface area (Å²) >= 11 is 0. The van der Waals surface area contributed by atoms with Gasteiger partial charge in [-0.25, -0.2) is 0 Å². The summed E-state index contributed by atoms with van der Waals surface area (Å²) in [6.07, 6.45) is 0.693. The third kappa shape index (κ3) is 3.28. The van der Waals surface area contributed by atoms with E-state index in [1.807, 2.05) is 24.3 Å². The van der Waals surface area contributed by atoms with Gasteiger partial charge in [0, 0.05) is 17.5 Å². The molecule has 0 aliphatic carbocycles. The third-order valence-corrected chi connectivity index (χ3v) is 4.34. The van der Waals surface area contributed by atoms with Crippen molar-refractivity contribution in [2.75, 3.05) is 19.9 Å². The summed E-state index contributed by atoms with van der Waals surface area (Å²) in [7, 11) is 0. The SMILES string of the molecule is O=C(CNC(=O)c1ccc2c(c1)OCO2)N[C@H]1CCOc2ccccc21. The van der Waals surface area contributed by atoms with Crippen LogP contribution in [0, 0.1) is 0 Å². The van der Waals surface area contributed by atoms with Crippen LogP contribution in [0.15, 0.2) is 42.5 Å². The first kappa shape index (κ1) is 16.3. The van der Waals surface area contributed by atoms with Crippen molar-refractivity contribution in [3.05, 3.63) is 53.6 Å². The first-order chi connectivity index (χ1) is 12.7. The van der Waals surface area contributed by atoms with Crippen LogP contribution >= 0.6 is 0 Å². The molecule has 2 heterocycles. The highest BCUT2D eigenvalue weighted by Gasteiger charge is 2.23. The first-order valence-electron chi connectivity index (χ1n) is 8.39. The first-order valence-corrected chi connectivity index (χ1v) is 8.39. The van der Waals surface area contributed by atoms with Gasteiger partial charge < -0.3 is 24.8 Å². The Hall–Kier alpha value is -3.22. The largest absolute Gasteiger partial charge is 0.493 e. The summed E-state index contributed by atoms with van der Waals surface area (Å²) in [5, 5.41) is 5.57. The molecule has 26 heavy (non-hydrogen) atoms. The Bertz CT molecular complexity index is 852. The van der Waals surface area contributed by atoms with Crippen LogP contribution in [0.2, 0.25) is 0 Å². The quantitative estimate of drug-likeness (QED) is 0.874. The molecule has 7 nitrogen and oxygen atoms in total. The minimum absolute atomic E-state index is 0.104. The molecular weight excluding hydrogens is 336 g/mol. The van der Waals surface area contributed by atoms with Gasteiger partial charge in [0.2, 0.25) is 12.7 Å². The normalized spacial score (nSPS) is 17.0. The fourth-order valence-corrected chi connectivity index (χ4v) is 3.04. The van der Waals surface area contributed by atoms with Gasteiger partial charge >= 0.3 is 0 Å². The average molecular weight is 354 g/mol. The van der Waals surface area contributed by atoms with E-state index in [0.717, 1.165) is 11.3 Å². The van der Waals surface area contributed by atoms with E-state index in [9.17, 15) is 9.59 Å². The number of amides is 2. The molecule has 2 N–H and O–H groups in total. The topological polar surface area (TPSA) is 85.9 Å². The summed E-state index contributed by atoms with van der Waals surface area (Å²) in [6.45, 7) is 0.591. The van der Waals surface area contributed by atoms with Crippen LogP contribution in [0.25, 0.3) is 0 Å². The van der Waals surface area contributed by atoms with Gasteiger partial charge in [-0.2, -0.15) is 0 Å². The highest BCUT2D eigenvalue weighted by molar-refractivity contribution is 5.97. The molecule has 0 bridgehead atoms. The number of nitrogens with one attached hydrogen (secondary N) is 2. The van der Waals surface area contributed by atoms with Gasteiger partial charge in [-0.3, -0.25) is 9.59 Å². The van der Waals surface area contributed by atoms with Crippen LogP contribution in [0.4, 0.5) is 0 Å². The Morgan fingerprint density at radius 1 is 1.00 bits per heavy atom. The van der Waals surface area contributed by atoms with Crippen LogP contribution in [0.5, 0.6) is 17.2 Å². The molecular formula is C19H18N2O5. The summed E-state index contributed by atoms with van der Waals surface area (Å²) in [4.78, 5) is 24.5. The van der Waals surface area contributed by atoms with Crippen molar-refractivity contribution >= 4 is 11.8 Å². The second-order valence-corrected chi connectivity index (χ2v) is 6.05. The standard InChI is InChI=1S/C19H18N2O5/c22-18(21-14-7-8-24-15-4-2-1-3-13(14)15)10-20-19(23)12-5-6-16-17(9-12)26-11-25-16/h1-6,9,14H,7-8,10-11H2,(H,20,23)(H,21,22)/t14-/m0/s1. The molecule has 0 saturated heterocycles. The Labute approximate surface area is 150 Å². The Balaban J connectivity index is 1.34. The highest BCUT2D eigenvalue weighted by atomic mass is 16.7.